The molecule has 6 nitrogen and oxygen atoms in total. The Morgan fingerprint density at radius 1 is 1.21 bits per heavy atom. The summed E-state index contributed by atoms with van der Waals surface area (Å²) in [5, 5.41) is 8.57. The molecule has 0 aliphatic carbocycles. The molecule has 2 aromatic heterocycles. The van der Waals surface area contributed by atoms with Gasteiger partial charge < -0.3 is 4.74 Å². The summed E-state index contributed by atoms with van der Waals surface area (Å²) < 4.78 is 6.85. The van der Waals surface area contributed by atoms with Crippen molar-refractivity contribution in [3.63, 3.8) is 0 Å². The van der Waals surface area contributed by atoms with E-state index in [0.717, 1.165) is 16.9 Å². The third kappa shape index (κ3) is 3.48. The summed E-state index contributed by atoms with van der Waals surface area (Å²) in [6.45, 7) is 4.11. The fourth-order valence-corrected chi connectivity index (χ4v) is 2.36. The maximum atomic E-state index is 11.8. The Balaban J connectivity index is 2.02. The monoisotopic (exact) mass is 322 g/mol. The van der Waals surface area contributed by atoms with E-state index >= 15 is 0 Å². The molecular weight excluding hydrogens is 304 g/mol. The maximum absolute atomic E-state index is 11.8. The lowest BCUT2D eigenvalue weighted by Crippen LogP contribution is -2.07. The van der Waals surface area contributed by atoms with Crippen molar-refractivity contribution in [3.05, 3.63) is 59.9 Å². The Bertz CT molecular complexity index is 885. The highest BCUT2D eigenvalue weighted by molar-refractivity contribution is 5.74. The van der Waals surface area contributed by atoms with Gasteiger partial charge in [-0.15, -0.1) is 10.2 Å². The van der Waals surface area contributed by atoms with Crippen LogP contribution in [0.1, 0.15) is 18.2 Å². The van der Waals surface area contributed by atoms with Gasteiger partial charge in [0.05, 0.1) is 24.4 Å². The number of fused-ring (bicyclic) bond motifs is 1. The van der Waals surface area contributed by atoms with Crippen molar-refractivity contribution in [3.8, 4) is 0 Å². The van der Waals surface area contributed by atoms with Crippen LogP contribution in [0, 0.1) is 6.92 Å². The Morgan fingerprint density at radius 3 is 2.75 bits per heavy atom. The number of benzene rings is 1. The van der Waals surface area contributed by atoms with Gasteiger partial charge in [0.1, 0.15) is 5.65 Å². The minimum atomic E-state index is -0.325. The van der Waals surface area contributed by atoms with Crippen molar-refractivity contribution >= 4 is 23.1 Å². The molecule has 0 N–H and O–H groups in total. The van der Waals surface area contributed by atoms with E-state index in [9.17, 15) is 4.79 Å². The SMILES string of the molecule is CCOC(=O)Cc1nc2cc(C)ccn2c1N=Nc1ccccc1. The molecule has 0 atom stereocenters. The summed E-state index contributed by atoms with van der Waals surface area (Å²) in [6, 6.07) is 13.3. The van der Waals surface area contributed by atoms with Gasteiger partial charge in [0.2, 0.25) is 0 Å². The van der Waals surface area contributed by atoms with Crippen LogP contribution in [0.3, 0.4) is 0 Å². The molecule has 3 aromatic rings. The van der Waals surface area contributed by atoms with E-state index in [0.29, 0.717) is 18.1 Å². The zero-order valence-corrected chi connectivity index (χ0v) is 13.6. The summed E-state index contributed by atoms with van der Waals surface area (Å²) in [7, 11) is 0. The number of hydrogen-bond donors (Lipinski definition) is 0. The quantitative estimate of drug-likeness (QED) is 0.523. The smallest absolute Gasteiger partial charge is 0.312 e. The van der Waals surface area contributed by atoms with Crippen LogP contribution in [0.15, 0.2) is 58.9 Å². The van der Waals surface area contributed by atoms with Crippen LogP contribution in [0.4, 0.5) is 11.5 Å². The van der Waals surface area contributed by atoms with Crippen molar-refractivity contribution in [2.75, 3.05) is 6.61 Å². The van der Waals surface area contributed by atoms with E-state index in [2.05, 4.69) is 15.2 Å². The lowest BCUT2D eigenvalue weighted by molar-refractivity contribution is -0.142. The van der Waals surface area contributed by atoms with Crippen molar-refractivity contribution in [1.82, 2.24) is 9.38 Å². The number of pyridine rings is 1. The number of ether oxygens (including phenoxy) is 1. The van der Waals surface area contributed by atoms with Gasteiger partial charge in [-0.1, -0.05) is 18.2 Å². The summed E-state index contributed by atoms with van der Waals surface area (Å²) >= 11 is 0. The van der Waals surface area contributed by atoms with Crippen molar-refractivity contribution in [1.29, 1.82) is 0 Å². The van der Waals surface area contributed by atoms with Gasteiger partial charge >= 0.3 is 5.97 Å². The average molecular weight is 322 g/mol. The molecule has 3 rings (SSSR count). The van der Waals surface area contributed by atoms with Gasteiger partial charge in [-0.2, -0.15) is 0 Å². The third-order valence-corrected chi connectivity index (χ3v) is 3.46. The second-order valence-corrected chi connectivity index (χ2v) is 5.33. The zero-order valence-electron chi connectivity index (χ0n) is 13.6. The van der Waals surface area contributed by atoms with Crippen molar-refractivity contribution < 1.29 is 9.53 Å². The number of esters is 1. The van der Waals surface area contributed by atoms with Gasteiger partial charge in [-0.05, 0) is 43.7 Å². The maximum Gasteiger partial charge on any atom is 0.312 e. The molecule has 0 unspecified atom stereocenters. The van der Waals surface area contributed by atoms with E-state index in [1.807, 2.05) is 60.0 Å². The molecule has 0 saturated carbocycles. The first kappa shape index (κ1) is 15.9. The van der Waals surface area contributed by atoms with Crippen LogP contribution < -0.4 is 0 Å². The van der Waals surface area contributed by atoms with E-state index in [4.69, 9.17) is 4.74 Å². The van der Waals surface area contributed by atoms with E-state index in [1.54, 1.807) is 6.92 Å². The molecule has 0 aliphatic rings. The highest BCUT2D eigenvalue weighted by Crippen LogP contribution is 2.25. The van der Waals surface area contributed by atoms with Gasteiger partial charge in [-0.25, -0.2) is 4.98 Å². The fraction of sp³-hybridized carbons (Fsp3) is 0.222. The summed E-state index contributed by atoms with van der Waals surface area (Å²) in [5.74, 6) is 0.218. The van der Waals surface area contributed by atoms with Gasteiger partial charge in [0.25, 0.3) is 0 Å². The van der Waals surface area contributed by atoms with Crippen LogP contribution in [-0.4, -0.2) is 22.0 Å². The zero-order chi connectivity index (χ0) is 16.9. The second-order valence-electron chi connectivity index (χ2n) is 5.33. The Labute approximate surface area is 139 Å². The van der Waals surface area contributed by atoms with E-state index in [1.165, 1.54) is 0 Å². The number of carbonyl (C=O) groups excluding carboxylic acids is 1. The molecule has 0 fully saturated rings. The molecule has 24 heavy (non-hydrogen) atoms. The molecule has 122 valence electrons. The number of imidazole rings is 1. The molecular formula is C18H18N4O2. The largest absolute Gasteiger partial charge is 0.466 e. The third-order valence-electron chi connectivity index (χ3n) is 3.46. The number of aromatic nitrogens is 2. The van der Waals surface area contributed by atoms with Crippen molar-refractivity contribution in [2.24, 2.45) is 10.2 Å². The average Bonchev–Trinajstić information content (AvgIpc) is 2.90. The normalized spacial score (nSPS) is 11.2. The van der Waals surface area contributed by atoms with Gasteiger partial charge in [-0.3, -0.25) is 9.20 Å². The number of carbonyl (C=O) groups is 1. The molecule has 2 heterocycles. The lowest BCUT2D eigenvalue weighted by Gasteiger charge is -2.00. The topological polar surface area (TPSA) is 68.3 Å². The lowest BCUT2D eigenvalue weighted by atomic mass is 10.3. The molecule has 0 aliphatic heterocycles. The standard InChI is InChI=1S/C18H18N4O2/c1-3-24-17(23)12-15-18(21-20-14-7-5-4-6-8-14)22-10-9-13(2)11-16(22)19-15/h4-11H,3,12H2,1-2H3. The minimum Gasteiger partial charge on any atom is -0.466 e. The first-order valence-corrected chi connectivity index (χ1v) is 7.77. The molecule has 0 bridgehead atoms. The van der Waals surface area contributed by atoms with E-state index in [-0.39, 0.29) is 12.4 Å². The molecule has 0 amide bonds. The van der Waals surface area contributed by atoms with E-state index < -0.39 is 0 Å². The number of rotatable bonds is 5. The molecule has 0 spiro atoms. The van der Waals surface area contributed by atoms with Crippen LogP contribution in [0.25, 0.3) is 5.65 Å². The number of azo groups is 1. The predicted molar refractivity (Wildman–Crippen MR) is 90.9 cm³/mol. The summed E-state index contributed by atoms with van der Waals surface area (Å²) in [4.78, 5) is 16.4. The van der Waals surface area contributed by atoms with Crippen LogP contribution in [-0.2, 0) is 16.0 Å². The number of aryl methyl sites for hydroxylation is 1. The number of nitrogens with zero attached hydrogens (tertiary/aromatic N) is 4. The van der Waals surface area contributed by atoms with Crippen LogP contribution in [0.5, 0.6) is 0 Å². The van der Waals surface area contributed by atoms with Gasteiger partial charge in [0, 0.05) is 6.20 Å². The molecule has 1 aromatic carbocycles. The first-order valence-electron chi connectivity index (χ1n) is 7.77. The Morgan fingerprint density at radius 2 is 2.00 bits per heavy atom. The van der Waals surface area contributed by atoms with Gasteiger partial charge in [0.15, 0.2) is 5.82 Å². The minimum absolute atomic E-state index is 0.0672. The summed E-state index contributed by atoms with van der Waals surface area (Å²) in [6.07, 6.45) is 1.95. The molecule has 0 radical (unpaired) electrons. The highest BCUT2D eigenvalue weighted by Gasteiger charge is 2.16. The van der Waals surface area contributed by atoms with Crippen LogP contribution >= 0.6 is 0 Å². The van der Waals surface area contributed by atoms with Crippen molar-refractivity contribution in [2.45, 2.75) is 20.3 Å². The fourth-order valence-electron chi connectivity index (χ4n) is 2.36. The Kier molecular flexibility index (Phi) is 4.65. The Hall–Kier alpha value is -3.02. The molecule has 0 saturated heterocycles. The predicted octanol–water partition coefficient (Wildman–Crippen LogP) is 4.16. The summed E-state index contributed by atoms with van der Waals surface area (Å²) in [5.41, 5.74) is 3.11. The molecule has 6 heteroatoms. The first-order chi connectivity index (χ1) is 11.7. The second kappa shape index (κ2) is 7.04. The highest BCUT2D eigenvalue weighted by atomic mass is 16.5. The van der Waals surface area contributed by atoms with Crippen LogP contribution in [0.2, 0.25) is 0 Å². The number of hydrogen-bond acceptors (Lipinski definition) is 5.